The fourth-order valence-corrected chi connectivity index (χ4v) is 1.97. The Morgan fingerprint density at radius 3 is 2.47 bits per heavy atom. The highest BCUT2D eigenvalue weighted by molar-refractivity contribution is 5.30. The molecule has 2 aromatic rings. The van der Waals surface area contributed by atoms with Gasteiger partial charge in [0.1, 0.15) is 0 Å². The van der Waals surface area contributed by atoms with Crippen molar-refractivity contribution in [3.05, 3.63) is 57.8 Å². The average Bonchev–Trinajstić information content (AvgIpc) is 2.65. The van der Waals surface area contributed by atoms with Crippen LogP contribution in [0.4, 0.5) is 0 Å². The first-order chi connectivity index (χ1) is 8.11. The summed E-state index contributed by atoms with van der Waals surface area (Å²) in [5.41, 5.74) is 3.73. The maximum absolute atomic E-state index is 11.9. The summed E-state index contributed by atoms with van der Waals surface area (Å²) in [6.07, 6.45) is 3.70. The molecule has 3 nitrogen and oxygen atoms in total. The number of rotatable bonds is 3. The molecular weight excluding hydrogens is 212 g/mol. The molecule has 17 heavy (non-hydrogen) atoms. The largest absolute Gasteiger partial charge is 0.328 e. The first-order valence-electron chi connectivity index (χ1n) is 5.93. The van der Waals surface area contributed by atoms with Gasteiger partial charge in [0, 0.05) is 18.9 Å². The van der Waals surface area contributed by atoms with Crippen molar-refractivity contribution in [1.29, 1.82) is 0 Å². The van der Waals surface area contributed by atoms with Crippen molar-refractivity contribution in [2.45, 2.75) is 33.9 Å². The SMILES string of the molecule is CCn1ccn(Cc2cc(C)ccc2C)c1=O. The molecule has 0 atom stereocenters. The molecule has 0 fully saturated rings. The normalized spacial score (nSPS) is 10.8. The Kier molecular flexibility index (Phi) is 3.18. The van der Waals surface area contributed by atoms with Gasteiger partial charge in [-0.2, -0.15) is 0 Å². The summed E-state index contributed by atoms with van der Waals surface area (Å²) < 4.78 is 3.47. The van der Waals surface area contributed by atoms with Crippen molar-refractivity contribution in [3.63, 3.8) is 0 Å². The summed E-state index contributed by atoms with van der Waals surface area (Å²) in [4.78, 5) is 11.9. The van der Waals surface area contributed by atoms with Gasteiger partial charge in [0.15, 0.2) is 0 Å². The van der Waals surface area contributed by atoms with Gasteiger partial charge in [0.25, 0.3) is 0 Å². The molecule has 0 bridgehead atoms. The van der Waals surface area contributed by atoms with Crippen LogP contribution in [0.1, 0.15) is 23.6 Å². The molecule has 0 aliphatic heterocycles. The number of nitrogens with zero attached hydrogens (tertiary/aromatic N) is 2. The zero-order valence-corrected chi connectivity index (χ0v) is 10.6. The van der Waals surface area contributed by atoms with E-state index in [2.05, 4.69) is 32.0 Å². The second-order valence-corrected chi connectivity index (χ2v) is 4.42. The van der Waals surface area contributed by atoms with E-state index in [0.717, 1.165) is 6.54 Å². The van der Waals surface area contributed by atoms with Gasteiger partial charge in [-0.3, -0.25) is 9.13 Å². The summed E-state index contributed by atoms with van der Waals surface area (Å²) in [5, 5.41) is 0. The van der Waals surface area contributed by atoms with Crippen LogP contribution in [0.5, 0.6) is 0 Å². The minimum atomic E-state index is 0.0633. The lowest BCUT2D eigenvalue weighted by Gasteiger charge is -2.07. The maximum atomic E-state index is 11.9. The lowest BCUT2D eigenvalue weighted by atomic mass is 10.1. The van der Waals surface area contributed by atoms with E-state index < -0.39 is 0 Å². The molecular formula is C14H18N2O. The Labute approximate surface area is 101 Å². The van der Waals surface area contributed by atoms with Gasteiger partial charge in [-0.05, 0) is 31.9 Å². The van der Waals surface area contributed by atoms with Crippen LogP contribution in [0.3, 0.4) is 0 Å². The third-order valence-corrected chi connectivity index (χ3v) is 3.10. The van der Waals surface area contributed by atoms with E-state index in [1.54, 1.807) is 9.13 Å². The number of benzene rings is 1. The third-order valence-electron chi connectivity index (χ3n) is 3.10. The predicted octanol–water partition coefficient (Wildman–Crippen LogP) is 2.33. The lowest BCUT2D eigenvalue weighted by Crippen LogP contribution is -2.24. The fourth-order valence-electron chi connectivity index (χ4n) is 1.97. The van der Waals surface area contributed by atoms with Crippen molar-refractivity contribution in [1.82, 2.24) is 9.13 Å². The highest BCUT2D eigenvalue weighted by Gasteiger charge is 2.04. The lowest BCUT2D eigenvalue weighted by molar-refractivity contribution is 0.667. The zero-order chi connectivity index (χ0) is 12.4. The van der Waals surface area contributed by atoms with Crippen LogP contribution < -0.4 is 5.69 Å². The van der Waals surface area contributed by atoms with E-state index >= 15 is 0 Å². The van der Waals surface area contributed by atoms with Gasteiger partial charge < -0.3 is 0 Å². The Bertz CT molecular complexity index is 578. The topological polar surface area (TPSA) is 26.9 Å². The molecule has 0 amide bonds. The standard InChI is InChI=1S/C14H18N2O/c1-4-15-7-8-16(14(15)17)10-13-9-11(2)5-6-12(13)3/h5-9H,4,10H2,1-3H3. The van der Waals surface area contributed by atoms with Gasteiger partial charge in [0.2, 0.25) is 0 Å². The molecule has 2 rings (SSSR count). The molecule has 0 unspecified atom stereocenters. The van der Waals surface area contributed by atoms with Crippen molar-refractivity contribution in [2.24, 2.45) is 0 Å². The summed E-state index contributed by atoms with van der Waals surface area (Å²) >= 11 is 0. The number of aromatic nitrogens is 2. The van der Waals surface area contributed by atoms with Crippen molar-refractivity contribution >= 4 is 0 Å². The molecule has 0 spiro atoms. The fraction of sp³-hybridized carbons (Fsp3) is 0.357. The maximum Gasteiger partial charge on any atom is 0.328 e. The molecule has 0 aliphatic carbocycles. The predicted molar refractivity (Wildman–Crippen MR) is 69.4 cm³/mol. The van der Waals surface area contributed by atoms with Gasteiger partial charge >= 0.3 is 5.69 Å². The number of hydrogen-bond acceptors (Lipinski definition) is 1. The molecule has 3 heteroatoms. The summed E-state index contributed by atoms with van der Waals surface area (Å²) in [6, 6.07) is 6.34. The smallest absolute Gasteiger partial charge is 0.300 e. The third kappa shape index (κ3) is 2.33. The molecule has 0 N–H and O–H groups in total. The number of hydrogen-bond donors (Lipinski definition) is 0. The molecule has 1 heterocycles. The van der Waals surface area contributed by atoms with E-state index in [4.69, 9.17) is 0 Å². The number of imidazole rings is 1. The van der Waals surface area contributed by atoms with E-state index in [1.165, 1.54) is 16.7 Å². The average molecular weight is 230 g/mol. The van der Waals surface area contributed by atoms with Crippen LogP contribution in [0.25, 0.3) is 0 Å². The van der Waals surface area contributed by atoms with E-state index in [-0.39, 0.29) is 5.69 Å². The zero-order valence-electron chi connectivity index (χ0n) is 10.6. The van der Waals surface area contributed by atoms with Crippen molar-refractivity contribution in [2.75, 3.05) is 0 Å². The first-order valence-corrected chi connectivity index (χ1v) is 5.93. The quantitative estimate of drug-likeness (QED) is 0.795. The molecule has 0 aliphatic rings. The summed E-state index contributed by atoms with van der Waals surface area (Å²) in [6.45, 7) is 7.50. The molecule has 1 aromatic heterocycles. The minimum absolute atomic E-state index is 0.0633. The highest BCUT2D eigenvalue weighted by Crippen LogP contribution is 2.11. The van der Waals surface area contributed by atoms with Crippen LogP contribution in [0.15, 0.2) is 35.4 Å². The van der Waals surface area contributed by atoms with Crippen LogP contribution >= 0.6 is 0 Å². The Morgan fingerprint density at radius 1 is 1.12 bits per heavy atom. The van der Waals surface area contributed by atoms with Crippen LogP contribution in [-0.4, -0.2) is 9.13 Å². The molecule has 90 valence electrons. The highest BCUT2D eigenvalue weighted by atomic mass is 16.1. The second-order valence-electron chi connectivity index (χ2n) is 4.42. The summed E-state index contributed by atoms with van der Waals surface area (Å²) in [7, 11) is 0. The van der Waals surface area contributed by atoms with Gasteiger partial charge in [-0.15, -0.1) is 0 Å². The van der Waals surface area contributed by atoms with Crippen LogP contribution in [0, 0.1) is 13.8 Å². The Morgan fingerprint density at radius 2 is 1.82 bits per heavy atom. The number of aryl methyl sites for hydroxylation is 3. The molecule has 1 aromatic carbocycles. The van der Waals surface area contributed by atoms with E-state index in [9.17, 15) is 4.79 Å². The van der Waals surface area contributed by atoms with Crippen LogP contribution in [-0.2, 0) is 13.1 Å². The molecule has 0 saturated carbocycles. The van der Waals surface area contributed by atoms with Crippen molar-refractivity contribution < 1.29 is 0 Å². The van der Waals surface area contributed by atoms with Gasteiger partial charge in [0.05, 0.1) is 6.54 Å². The monoisotopic (exact) mass is 230 g/mol. The Hall–Kier alpha value is -1.77. The van der Waals surface area contributed by atoms with Gasteiger partial charge in [-0.25, -0.2) is 4.79 Å². The molecule has 0 radical (unpaired) electrons. The second kappa shape index (κ2) is 4.62. The Balaban J connectivity index is 2.34. The minimum Gasteiger partial charge on any atom is -0.300 e. The molecule has 0 saturated heterocycles. The van der Waals surface area contributed by atoms with Gasteiger partial charge in [-0.1, -0.05) is 23.8 Å². The van der Waals surface area contributed by atoms with Crippen molar-refractivity contribution in [3.8, 4) is 0 Å². The summed E-state index contributed by atoms with van der Waals surface area (Å²) in [5.74, 6) is 0. The van der Waals surface area contributed by atoms with E-state index in [0.29, 0.717) is 6.54 Å². The van der Waals surface area contributed by atoms with Crippen LogP contribution in [0.2, 0.25) is 0 Å². The van der Waals surface area contributed by atoms with E-state index in [1.807, 2.05) is 19.3 Å². The first kappa shape index (κ1) is 11.7.